The van der Waals surface area contributed by atoms with Crippen molar-refractivity contribution in [2.75, 3.05) is 7.11 Å². The zero-order chi connectivity index (χ0) is 19.8. The number of amides is 2. The lowest BCUT2D eigenvalue weighted by molar-refractivity contribution is -0.122. The minimum atomic E-state index is -0.426. The van der Waals surface area contributed by atoms with E-state index < -0.39 is 5.91 Å². The summed E-state index contributed by atoms with van der Waals surface area (Å²) in [5.74, 6) is 0.386. The average Bonchev–Trinajstić information content (AvgIpc) is 2.66. The van der Waals surface area contributed by atoms with Crippen LogP contribution in [-0.2, 0) is 4.79 Å². The Hall–Kier alpha value is -3.02. The van der Waals surface area contributed by atoms with Crippen LogP contribution < -0.4 is 20.3 Å². The van der Waals surface area contributed by atoms with E-state index in [0.29, 0.717) is 17.1 Å². The third-order valence-corrected chi connectivity index (χ3v) is 3.96. The Labute approximate surface area is 159 Å². The van der Waals surface area contributed by atoms with Crippen LogP contribution in [0.5, 0.6) is 11.5 Å². The summed E-state index contributed by atoms with van der Waals surface area (Å²) in [6, 6.07) is 14.6. The molecule has 0 fully saturated rings. The van der Waals surface area contributed by atoms with E-state index in [4.69, 9.17) is 9.47 Å². The van der Waals surface area contributed by atoms with E-state index in [1.807, 2.05) is 51.1 Å². The van der Waals surface area contributed by atoms with Crippen LogP contribution in [0, 0.1) is 0 Å². The van der Waals surface area contributed by atoms with Gasteiger partial charge in [0.25, 0.3) is 5.91 Å². The minimum absolute atomic E-state index is 0.00975. The molecule has 6 heteroatoms. The van der Waals surface area contributed by atoms with Crippen LogP contribution in [0.3, 0.4) is 0 Å². The molecule has 1 unspecified atom stereocenters. The molecule has 0 aliphatic rings. The van der Waals surface area contributed by atoms with E-state index in [0.717, 1.165) is 5.56 Å². The number of carbonyl (C=O) groups is 2. The summed E-state index contributed by atoms with van der Waals surface area (Å²) < 4.78 is 10.9. The van der Waals surface area contributed by atoms with Gasteiger partial charge in [0.15, 0.2) is 11.5 Å². The Balaban J connectivity index is 1.92. The number of nitrogens with one attached hydrogen (secondary N) is 2. The highest BCUT2D eigenvalue weighted by Crippen LogP contribution is 2.28. The summed E-state index contributed by atoms with van der Waals surface area (Å²) in [6.45, 7) is 5.78. The molecular weight excluding hydrogens is 344 g/mol. The maximum absolute atomic E-state index is 12.3. The largest absolute Gasteiger partial charge is 0.493 e. The van der Waals surface area contributed by atoms with Crippen LogP contribution >= 0.6 is 0 Å². The Morgan fingerprint density at radius 1 is 0.963 bits per heavy atom. The number of hydrogen-bond donors (Lipinski definition) is 2. The number of rotatable bonds is 7. The molecule has 27 heavy (non-hydrogen) atoms. The van der Waals surface area contributed by atoms with Gasteiger partial charge in [-0.25, -0.2) is 0 Å². The molecule has 0 heterocycles. The van der Waals surface area contributed by atoms with Gasteiger partial charge in [0.1, 0.15) is 0 Å². The minimum Gasteiger partial charge on any atom is -0.493 e. The molecule has 1 atom stereocenters. The van der Waals surface area contributed by atoms with Crippen molar-refractivity contribution in [3.8, 4) is 11.5 Å². The smallest absolute Gasteiger partial charge is 0.269 e. The van der Waals surface area contributed by atoms with Crippen LogP contribution in [0.2, 0.25) is 0 Å². The Kier molecular flexibility index (Phi) is 7.23. The van der Waals surface area contributed by atoms with Crippen molar-refractivity contribution in [2.45, 2.75) is 39.2 Å². The van der Waals surface area contributed by atoms with E-state index in [2.05, 4.69) is 10.9 Å². The number of hydrogen-bond acceptors (Lipinski definition) is 4. The van der Waals surface area contributed by atoms with Gasteiger partial charge in [0.05, 0.1) is 13.2 Å². The van der Waals surface area contributed by atoms with Gasteiger partial charge in [0.2, 0.25) is 5.91 Å². The maximum Gasteiger partial charge on any atom is 0.269 e. The number of carbonyl (C=O) groups excluding carboxylic acids is 2. The molecule has 0 spiro atoms. The normalized spacial score (nSPS) is 11.6. The molecule has 0 aliphatic heterocycles. The van der Waals surface area contributed by atoms with Crippen molar-refractivity contribution in [3.63, 3.8) is 0 Å². The lowest BCUT2D eigenvalue weighted by Crippen LogP contribution is -2.42. The summed E-state index contributed by atoms with van der Waals surface area (Å²) in [5.41, 5.74) is 6.32. The van der Waals surface area contributed by atoms with Gasteiger partial charge in [-0.3, -0.25) is 20.4 Å². The van der Waals surface area contributed by atoms with Crippen LogP contribution in [0.4, 0.5) is 0 Å². The van der Waals surface area contributed by atoms with Gasteiger partial charge in [0, 0.05) is 12.0 Å². The van der Waals surface area contributed by atoms with E-state index in [1.165, 1.54) is 7.11 Å². The number of methoxy groups -OCH3 is 1. The third-order valence-electron chi connectivity index (χ3n) is 3.96. The van der Waals surface area contributed by atoms with Gasteiger partial charge in [-0.05, 0) is 43.5 Å². The van der Waals surface area contributed by atoms with Crippen molar-refractivity contribution in [1.29, 1.82) is 0 Å². The highest BCUT2D eigenvalue weighted by atomic mass is 16.5. The monoisotopic (exact) mass is 370 g/mol. The molecule has 0 aromatic heterocycles. The fraction of sp³-hybridized carbons (Fsp3) is 0.333. The Morgan fingerprint density at radius 3 is 2.30 bits per heavy atom. The van der Waals surface area contributed by atoms with E-state index in [9.17, 15) is 9.59 Å². The fourth-order valence-corrected chi connectivity index (χ4v) is 2.59. The maximum atomic E-state index is 12.3. The molecule has 2 aromatic rings. The SMILES string of the molecule is COc1cc(C(=O)NNC(=O)CC(C)c2ccccc2)ccc1OC(C)C. The van der Waals surface area contributed by atoms with Crippen LogP contribution in [0.15, 0.2) is 48.5 Å². The van der Waals surface area contributed by atoms with Crippen molar-refractivity contribution >= 4 is 11.8 Å². The molecule has 2 aromatic carbocycles. The predicted molar refractivity (Wildman–Crippen MR) is 104 cm³/mol. The Bertz CT molecular complexity index is 775. The molecule has 0 radical (unpaired) electrons. The van der Waals surface area contributed by atoms with Gasteiger partial charge in [-0.15, -0.1) is 0 Å². The molecule has 0 bridgehead atoms. The molecule has 144 valence electrons. The highest BCUT2D eigenvalue weighted by molar-refractivity contribution is 5.96. The zero-order valence-electron chi connectivity index (χ0n) is 16.1. The van der Waals surface area contributed by atoms with Gasteiger partial charge >= 0.3 is 0 Å². The van der Waals surface area contributed by atoms with Gasteiger partial charge < -0.3 is 9.47 Å². The van der Waals surface area contributed by atoms with Crippen LogP contribution in [0.25, 0.3) is 0 Å². The molecule has 2 N–H and O–H groups in total. The summed E-state index contributed by atoms with van der Waals surface area (Å²) in [5, 5.41) is 0. The second-order valence-corrected chi connectivity index (χ2v) is 6.55. The summed E-state index contributed by atoms with van der Waals surface area (Å²) in [7, 11) is 1.51. The zero-order valence-corrected chi connectivity index (χ0v) is 16.1. The number of hydrazine groups is 1. The number of ether oxygens (including phenoxy) is 2. The van der Waals surface area contributed by atoms with E-state index >= 15 is 0 Å². The first-order valence-corrected chi connectivity index (χ1v) is 8.89. The van der Waals surface area contributed by atoms with Crippen molar-refractivity contribution in [3.05, 3.63) is 59.7 Å². The molecular formula is C21H26N2O4. The predicted octanol–water partition coefficient (Wildman–Crippen LogP) is 3.44. The van der Waals surface area contributed by atoms with Crippen LogP contribution in [-0.4, -0.2) is 25.0 Å². The third kappa shape index (κ3) is 6.02. The number of benzene rings is 2. The summed E-state index contributed by atoms with van der Waals surface area (Å²) in [4.78, 5) is 24.4. The first kappa shape index (κ1) is 20.3. The molecule has 2 amide bonds. The topological polar surface area (TPSA) is 76.7 Å². The van der Waals surface area contributed by atoms with Gasteiger partial charge in [-0.2, -0.15) is 0 Å². The molecule has 6 nitrogen and oxygen atoms in total. The van der Waals surface area contributed by atoms with E-state index in [-0.39, 0.29) is 24.3 Å². The van der Waals surface area contributed by atoms with Gasteiger partial charge in [-0.1, -0.05) is 37.3 Å². The van der Waals surface area contributed by atoms with E-state index in [1.54, 1.807) is 18.2 Å². The molecule has 2 rings (SSSR count). The van der Waals surface area contributed by atoms with Crippen molar-refractivity contribution in [1.82, 2.24) is 10.9 Å². The van der Waals surface area contributed by atoms with Crippen molar-refractivity contribution < 1.29 is 19.1 Å². The molecule has 0 saturated carbocycles. The standard InChI is InChI=1S/C21H26N2O4/c1-14(2)27-18-11-10-17(13-19(18)26-4)21(25)23-22-20(24)12-15(3)16-8-6-5-7-9-16/h5-11,13-15H,12H2,1-4H3,(H,22,24)(H,23,25). The molecule has 0 aliphatic carbocycles. The lowest BCUT2D eigenvalue weighted by Gasteiger charge is -2.15. The first-order valence-electron chi connectivity index (χ1n) is 8.89. The highest BCUT2D eigenvalue weighted by Gasteiger charge is 2.14. The van der Waals surface area contributed by atoms with Crippen molar-refractivity contribution in [2.24, 2.45) is 0 Å². The summed E-state index contributed by atoms with van der Waals surface area (Å²) in [6.07, 6.45) is 0.263. The second-order valence-electron chi connectivity index (χ2n) is 6.55. The second kappa shape index (κ2) is 9.62. The van der Waals surface area contributed by atoms with Crippen LogP contribution in [0.1, 0.15) is 49.0 Å². The Morgan fingerprint density at radius 2 is 1.67 bits per heavy atom. The fourth-order valence-electron chi connectivity index (χ4n) is 2.59. The quantitative estimate of drug-likeness (QED) is 0.732. The average molecular weight is 370 g/mol. The molecule has 0 saturated heterocycles. The summed E-state index contributed by atoms with van der Waals surface area (Å²) >= 11 is 0. The first-order chi connectivity index (χ1) is 12.9. The lowest BCUT2D eigenvalue weighted by atomic mass is 9.98.